The molecule has 0 saturated carbocycles. The zero-order valence-corrected chi connectivity index (χ0v) is 9.70. The Kier molecular flexibility index (Phi) is 3.47. The van der Waals surface area contributed by atoms with Crippen LogP contribution in [0, 0.1) is 11.6 Å². The van der Waals surface area contributed by atoms with Gasteiger partial charge >= 0.3 is 0 Å². The average molecular weight is 256 g/mol. The predicted molar refractivity (Wildman–Crippen MR) is 61.9 cm³/mol. The summed E-state index contributed by atoms with van der Waals surface area (Å²) in [5.41, 5.74) is 5.37. The molecule has 0 aliphatic carbocycles. The van der Waals surface area contributed by atoms with Crippen LogP contribution in [0.2, 0.25) is 0 Å². The first-order chi connectivity index (χ1) is 8.54. The van der Waals surface area contributed by atoms with Crippen LogP contribution in [-0.2, 0) is 0 Å². The molecule has 1 heterocycles. The lowest BCUT2D eigenvalue weighted by Gasteiger charge is -2.23. The Bertz CT molecular complexity index is 479. The third kappa shape index (κ3) is 2.15. The van der Waals surface area contributed by atoms with Crippen molar-refractivity contribution >= 4 is 11.6 Å². The number of nitrogens with zero attached hydrogens (tertiary/aromatic N) is 1. The van der Waals surface area contributed by atoms with Crippen LogP contribution in [-0.4, -0.2) is 35.1 Å². The summed E-state index contributed by atoms with van der Waals surface area (Å²) in [4.78, 5) is 13.6. The van der Waals surface area contributed by atoms with Gasteiger partial charge < -0.3 is 15.7 Å². The molecule has 0 unspecified atom stereocenters. The smallest absolute Gasteiger partial charge is 0.256 e. The average Bonchev–Trinajstić information content (AvgIpc) is 2.81. The van der Waals surface area contributed by atoms with Gasteiger partial charge in [-0.15, -0.1) is 0 Å². The highest BCUT2D eigenvalue weighted by molar-refractivity contribution is 5.99. The second-order valence-electron chi connectivity index (χ2n) is 4.33. The van der Waals surface area contributed by atoms with Crippen molar-refractivity contribution < 1.29 is 18.7 Å². The zero-order chi connectivity index (χ0) is 13.3. The molecule has 4 nitrogen and oxygen atoms in total. The van der Waals surface area contributed by atoms with Crippen LogP contribution in [0.25, 0.3) is 0 Å². The first-order valence-corrected chi connectivity index (χ1v) is 5.71. The molecule has 1 saturated heterocycles. The molecule has 18 heavy (non-hydrogen) atoms. The van der Waals surface area contributed by atoms with E-state index in [1.807, 2.05) is 0 Å². The second kappa shape index (κ2) is 4.89. The van der Waals surface area contributed by atoms with Crippen molar-refractivity contribution in [3.8, 4) is 0 Å². The van der Waals surface area contributed by atoms with Gasteiger partial charge in [0, 0.05) is 18.3 Å². The molecule has 6 heteroatoms. The lowest BCUT2D eigenvalue weighted by atomic mass is 10.1. The Hall–Kier alpha value is -1.69. The number of anilines is 1. The van der Waals surface area contributed by atoms with Gasteiger partial charge in [0.1, 0.15) is 0 Å². The molecule has 98 valence electrons. The summed E-state index contributed by atoms with van der Waals surface area (Å²) in [5.74, 6) is -2.65. The predicted octanol–water partition coefficient (Wildman–Crippen LogP) is 1.14. The number of carbonyl (C=O) groups is 1. The molecule has 1 aliphatic rings. The standard InChI is InChI=1S/C12H14F2N2O2/c13-9-4-8(11(15)5-10(9)14)12(18)16-3-1-2-7(16)6-17/h4-5,7,17H,1-3,6,15H2/t7-/m0/s1. The second-order valence-corrected chi connectivity index (χ2v) is 4.33. The number of likely N-dealkylation sites (tertiary alicyclic amines) is 1. The van der Waals surface area contributed by atoms with Crippen LogP contribution in [0.15, 0.2) is 12.1 Å². The van der Waals surface area contributed by atoms with E-state index in [1.165, 1.54) is 4.90 Å². The van der Waals surface area contributed by atoms with Crippen LogP contribution < -0.4 is 5.73 Å². The normalized spacial score (nSPS) is 19.3. The fourth-order valence-corrected chi connectivity index (χ4v) is 2.20. The summed E-state index contributed by atoms with van der Waals surface area (Å²) in [7, 11) is 0. The molecule has 0 radical (unpaired) electrons. The molecule has 0 aromatic heterocycles. The van der Waals surface area contributed by atoms with Crippen molar-refractivity contribution in [2.75, 3.05) is 18.9 Å². The summed E-state index contributed by atoms with van der Waals surface area (Å²) in [5, 5.41) is 9.14. The van der Waals surface area contributed by atoms with Crippen molar-refractivity contribution in [3.05, 3.63) is 29.3 Å². The first kappa shape index (κ1) is 12.8. The van der Waals surface area contributed by atoms with Crippen LogP contribution in [0.3, 0.4) is 0 Å². The molecule has 0 bridgehead atoms. The van der Waals surface area contributed by atoms with Crippen LogP contribution in [0.1, 0.15) is 23.2 Å². The Morgan fingerprint density at radius 1 is 1.44 bits per heavy atom. The van der Waals surface area contributed by atoms with Gasteiger partial charge in [-0.3, -0.25) is 4.79 Å². The van der Waals surface area contributed by atoms with E-state index >= 15 is 0 Å². The third-order valence-electron chi connectivity index (χ3n) is 3.17. The lowest BCUT2D eigenvalue weighted by Crippen LogP contribution is -2.38. The van der Waals surface area contributed by atoms with Gasteiger partial charge in [0.15, 0.2) is 11.6 Å². The summed E-state index contributed by atoms with van der Waals surface area (Å²) < 4.78 is 26.1. The largest absolute Gasteiger partial charge is 0.398 e. The molecule has 1 fully saturated rings. The van der Waals surface area contributed by atoms with Gasteiger partial charge in [-0.25, -0.2) is 8.78 Å². The Morgan fingerprint density at radius 2 is 2.11 bits per heavy atom. The number of halogens is 2. The van der Waals surface area contributed by atoms with E-state index in [0.717, 1.165) is 18.6 Å². The molecule has 1 atom stereocenters. The minimum Gasteiger partial charge on any atom is -0.398 e. The highest BCUT2D eigenvalue weighted by atomic mass is 19.2. The fraction of sp³-hybridized carbons (Fsp3) is 0.417. The number of benzene rings is 1. The van der Waals surface area contributed by atoms with Gasteiger partial charge in [0.05, 0.1) is 18.2 Å². The molecular weight excluding hydrogens is 242 g/mol. The van der Waals surface area contributed by atoms with Crippen LogP contribution in [0.4, 0.5) is 14.5 Å². The highest BCUT2D eigenvalue weighted by Gasteiger charge is 2.30. The topological polar surface area (TPSA) is 66.6 Å². The van der Waals surface area contributed by atoms with Gasteiger partial charge in [0.2, 0.25) is 0 Å². The van der Waals surface area contributed by atoms with E-state index in [-0.39, 0.29) is 23.9 Å². The first-order valence-electron chi connectivity index (χ1n) is 5.71. The van der Waals surface area contributed by atoms with Crippen molar-refractivity contribution in [2.24, 2.45) is 0 Å². The summed E-state index contributed by atoms with van der Waals surface area (Å²) in [6, 6.07) is 1.33. The number of hydrogen-bond donors (Lipinski definition) is 2. The number of carbonyl (C=O) groups excluding carboxylic acids is 1. The van der Waals surface area contributed by atoms with E-state index in [4.69, 9.17) is 10.8 Å². The van der Waals surface area contributed by atoms with Gasteiger partial charge in [0.25, 0.3) is 5.91 Å². The maximum absolute atomic E-state index is 13.1. The van der Waals surface area contributed by atoms with E-state index < -0.39 is 17.5 Å². The van der Waals surface area contributed by atoms with Crippen molar-refractivity contribution in [1.29, 1.82) is 0 Å². The number of nitrogen functional groups attached to an aromatic ring is 1. The fourth-order valence-electron chi connectivity index (χ4n) is 2.20. The molecule has 1 aliphatic heterocycles. The van der Waals surface area contributed by atoms with E-state index in [1.54, 1.807) is 0 Å². The molecule has 2 rings (SSSR count). The molecule has 3 N–H and O–H groups in total. The summed E-state index contributed by atoms with van der Waals surface area (Å²) >= 11 is 0. The Labute approximate surface area is 103 Å². The lowest BCUT2D eigenvalue weighted by molar-refractivity contribution is 0.0678. The Morgan fingerprint density at radius 3 is 2.78 bits per heavy atom. The zero-order valence-electron chi connectivity index (χ0n) is 9.70. The maximum atomic E-state index is 13.1. The summed E-state index contributed by atoms with van der Waals surface area (Å²) in [6.45, 7) is 0.345. The van der Waals surface area contributed by atoms with Gasteiger partial charge in [-0.1, -0.05) is 0 Å². The van der Waals surface area contributed by atoms with Crippen LogP contribution in [0.5, 0.6) is 0 Å². The van der Waals surface area contributed by atoms with E-state index in [2.05, 4.69) is 0 Å². The van der Waals surface area contributed by atoms with Crippen molar-refractivity contribution in [2.45, 2.75) is 18.9 Å². The highest BCUT2D eigenvalue weighted by Crippen LogP contribution is 2.24. The van der Waals surface area contributed by atoms with Crippen molar-refractivity contribution in [3.63, 3.8) is 0 Å². The van der Waals surface area contributed by atoms with E-state index in [0.29, 0.717) is 13.0 Å². The number of nitrogens with two attached hydrogens (primary N) is 1. The number of aliphatic hydroxyl groups is 1. The summed E-state index contributed by atoms with van der Waals surface area (Å²) in [6.07, 6.45) is 1.48. The molecule has 0 spiro atoms. The molecule has 1 amide bonds. The number of hydrogen-bond acceptors (Lipinski definition) is 3. The SMILES string of the molecule is Nc1cc(F)c(F)cc1C(=O)N1CCC[C@H]1CO. The van der Waals surface area contributed by atoms with Crippen LogP contribution >= 0.6 is 0 Å². The van der Waals surface area contributed by atoms with Gasteiger partial charge in [-0.2, -0.15) is 0 Å². The van der Waals surface area contributed by atoms with Gasteiger partial charge in [-0.05, 0) is 18.9 Å². The van der Waals surface area contributed by atoms with Crippen molar-refractivity contribution in [1.82, 2.24) is 4.90 Å². The molecule has 1 aromatic carbocycles. The minimum absolute atomic E-state index is 0.0609. The van der Waals surface area contributed by atoms with E-state index in [9.17, 15) is 13.6 Å². The third-order valence-corrected chi connectivity index (χ3v) is 3.17. The molecule has 1 aromatic rings. The molecular formula is C12H14F2N2O2. The minimum atomic E-state index is -1.10. The number of aliphatic hydroxyl groups excluding tert-OH is 1. The quantitative estimate of drug-likeness (QED) is 0.780. The number of amides is 1. The Balaban J connectivity index is 2.31. The maximum Gasteiger partial charge on any atom is 0.256 e. The monoisotopic (exact) mass is 256 g/mol. The number of rotatable bonds is 2.